The lowest BCUT2D eigenvalue weighted by atomic mass is 10.1. The van der Waals surface area contributed by atoms with E-state index in [2.05, 4.69) is 25.7 Å². The van der Waals surface area contributed by atoms with Crippen molar-refractivity contribution in [3.8, 4) is 0 Å². The van der Waals surface area contributed by atoms with E-state index in [1.807, 2.05) is 6.07 Å². The molecule has 0 amide bonds. The predicted molar refractivity (Wildman–Crippen MR) is 70.1 cm³/mol. The summed E-state index contributed by atoms with van der Waals surface area (Å²) in [5.74, 6) is -0.135. The summed E-state index contributed by atoms with van der Waals surface area (Å²) in [7, 11) is 0. The van der Waals surface area contributed by atoms with Crippen LogP contribution in [0.4, 0.5) is 4.39 Å². The smallest absolute Gasteiger partial charge is 0.127 e. The second-order valence-corrected chi connectivity index (χ2v) is 4.45. The number of nitrogens with zero attached hydrogens (tertiary/aromatic N) is 1. The topological polar surface area (TPSA) is 29.3 Å². The van der Waals surface area contributed by atoms with E-state index in [0.29, 0.717) is 19.1 Å². The van der Waals surface area contributed by atoms with Gasteiger partial charge in [0.25, 0.3) is 0 Å². The first-order chi connectivity index (χ1) is 8.12. The lowest BCUT2D eigenvalue weighted by Crippen LogP contribution is -2.32. The van der Waals surface area contributed by atoms with E-state index in [1.165, 1.54) is 6.07 Å². The molecular formula is C14H23FN2. The third-order valence-electron chi connectivity index (χ3n) is 3.34. The van der Waals surface area contributed by atoms with Gasteiger partial charge >= 0.3 is 0 Å². The van der Waals surface area contributed by atoms with Crippen molar-refractivity contribution in [2.24, 2.45) is 5.73 Å². The van der Waals surface area contributed by atoms with E-state index in [4.69, 9.17) is 5.73 Å². The Hall–Kier alpha value is -0.930. The van der Waals surface area contributed by atoms with Gasteiger partial charge in [0.1, 0.15) is 5.82 Å². The van der Waals surface area contributed by atoms with Crippen LogP contribution >= 0.6 is 0 Å². The van der Waals surface area contributed by atoms with Gasteiger partial charge in [0.15, 0.2) is 0 Å². The van der Waals surface area contributed by atoms with Gasteiger partial charge in [-0.15, -0.1) is 0 Å². The van der Waals surface area contributed by atoms with E-state index in [0.717, 1.165) is 24.1 Å². The number of hydrogen-bond donors (Lipinski definition) is 1. The zero-order valence-electron chi connectivity index (χ0n) is 11.0. The van der Waals surface area contributed by atoms with Crippen molar-refractivity contribution < 1.29 is 4.39 Å². The number of nitrogens with two attached hydrogens (primary N) is 1. The molecule has 0 saturated carbocycles. The van der Waals surface area contributed by atoms with Crippen LogP contribution in [0.1, 0.15) is 38.3 Å². The third-order valence-corrected chi connectivity index (χ3v) is 3.34. The highest BCUT2D eigenvalue weighted by atomic mass is 19.1. The molecule has 0 aliphatic rings. The molecule has 0 aliphatic heterocycles. The molecule has 0 saturated heterocycles. The zero-order valence-corrected chi connectivity index (χ0v) is 11.0. The van der Waals surface area contributed by atoms with E-state index >= 15 is 0 Å². The molecule has 1 atom stereocenters. The fourth-order valence-electron chi connectivity index (χ4n) is 1.93. The Morgan fingerprint density at radius 3 is 2.59 bits per heavy atom. The van der Waals surface area contributed by atoms with Gasteiger partial charge in [0.05, 0.1) is 0 Å². The SMILES string of the molecule is CCC(C)N(CC)Cc1cc(CN)ccc1F. The molecule has 0 aliphatic carbocycles. The van der Waals surface area contributed by atoms with Crippen LogP contribution in [0.2, 0.25) is 0 Å². The summed E-state index contributed by atoms with van der Waals surface area (Å²) in [6.07, 6.45) is 1.08. The van der Waals surface area contributed by atoms with E-state index in [-0.39, 0.29) is 5.82 Å². The fraction of sp³-hybridized carbons (Fsp3) is 0.571. The monoisotopic (exact) mass is 238 g/mol. The van der Waals surface area contributed by atoms with Crippen molar-refractivity contribution >= 4 is 0 Å². The van der Waals surface area contributed by atoms with E-state index in [9.17, 15) is 4.39 Å². The van der Waals surface area contributed by atoms with Crippen LogP contribution in [0.5, 0.6) is 0 Å². The highest BCUT2D eigenvalue weighted by molar-refractivity contribution is 5.25. The van der Waals surface area contributed by atoms with Crippen LogP contribution in [-0.2, 0) is 13.1 Å². The largest absolute Gasteiger partial charge is 0.326 e. The molecule has 17 heavy (non-hydrogen) atoms. The van der Waals surface area contributed by atoms with Gasteiger partial charge in [0, 0.05) is 24.7 Å². The first kappa shape index (κ1) is 14.1. The molecule has 0 heterocycles. The van der Waals surface area contributed by atoms with Gasteiger partial charge in [-0.05, 0) is 31.5 Å². The summed E-state index contributed by atoms with van der Waals surface area (Å²) in [6, 6.07) is 5.61. The molecule has 0 bridgehead atoms. The molecule has 1 unspecified atom stereocenters. The van der Waals surface area contributed by atoms with Crippen LogP contribution < -0.4 is 5.73 Å². The van der Waals surface area contributed by atoms with Crippen LogP contribution in [0.3, 0.4) is 0 Å². The lowest BCUT2D eigenvalue weighted by molar-refractivity contribution is 0.203. The summed E-state index contributed by atoms with van der Waals surface area (Å²) < 4.78 is 13.7. The van der Waals surface area contributed by atoms with Crippen molar-refractivity contribution in [3.05, 3.63) is 35.1 Å². The van der Waals surface area contributed by atoms with Gasteiger partial charge in [-0.1, -0.05) is 26.0 Å². The maximum atomic E-state index is 13.7. The minimum absolute atomic E-state index is 0.135. The molecule has 3 heteroatoms. The molecule has 1 rings (SSSR count). The van der Waals surface area contributed by atoms with Crippen molar-refractivity contribution in [1.82, 2.24) is 4.90 Å². The summed E-state index contributed by atoms with van der Waals surface area (Å²) in [6.45, 7) is 8.49. The maximum absolute atomic E-state index is 13.7. The Bertz CT molecular complexity index is 352. The van der Waals surface area contributed by atoms with Crippen molar-refractivity contribution in [1.29, 1.82) is 0 Å². The Kier molecular flexibility index (Phi) is 5.59. The molecule has 0 spiro atoms. The Morgan fingerprint density at radius 2 is 2.06 bits per heavy atom. The normalized spacial score (nSPS) is 13.1. The van der Waals surface area contributed by atoms with Crippen LogP contribution in [0, 0.1) is 5.82 Å². The molecule has 2 nitrogen and oxygen atoms in total. The summed E-state index contributed by atoms with van der Waals surface area (Å²) in [5.41, 5.74) is 7.32. The van der Waals surface area contributed by atoms with E-state index < -0.39 is 0 Å². The molecule has 1 aromatic rings. The maximum Gasteiger partial charge on any atom is 0.127 e. The van der Waals surface area contributed by atoms with Crippen LogP contribution in [0.15, 0.2) is 18.2 Å². The fourth-order valence-corrected chi connectivity index (χ4v) is 1.93. The number of rotatable bonds is 6. The van der Waals surface area contributed by atoms with Gasteiger partial charge in [-0.3, -0.25) is 4.90 Å². The quantitative estimate of drug-likeness (QED) is 0.825. The van der Waals surface area contributed by atoms with Crippen molar-refractivity contribution in [2.45, 2.75) is 46.3 Å². The van der Waals surface area contributed by atoms with Crippen molar-refractivity contribution in [3.63, 3.8) is 0 Å². The van der Waals surface area contributed by atoms with Crippen LogP contribution in [0.25, 0.3) is 0 Å². The average molecular weight is 238 g/mol. The molecule has 2 N–H and O–H groups in total. The third kappa shape index (κ3) is 3.79. The van der Waals surface area contributed by atoms with Crippen molar-refractivity contribution in [2.75, 3.05) is 6.54 Å². The highest BCUT2D eigenvalue weighted by Gasteiger charge is 2.13. The lowest BCUT2D eigenvalue weighted by Gasteiger charge is -2.27. The molecule has 1 aromatic carbocycles. The van der Waals surface area contributed by atoms with Gasteiger partial charge in [0.2, 0.25) is 0 Å². The molecule has 96 valence electrons. The van der Waals surface area contributed by atoms with Gasteiger partial charge < -0.3 is 5.73 Å². The summed E-state index contributed by atoms with van der Waals surface area (Å²) in [5, 5.41) is 0. The first-order valence-corrected chi connectivity index (χ1v) is 6.33. The minimum Gasteiger partial charge on any atom is -0.326 e. The summed E-state index contributed by atoms with van der Waals surface area (Å²) in [4.78, 5) is 2.28. The first-order valence-electron chi connectivity index (χ1n) is 6.33. The number of benzene rings is 1. The second kappa shape index (κ2) is 6.72. The Balaban J connectivity index is 2.84. The number of halogens is 1. The standard InChI is InChI=1S/C14H23FN2/c1-4-11(3)17(5-2)10-13-8-12(9-16)6-7-14(13)15/h6-8,11H,4-5,9-10,16H2,1-3H3. The number of hydrogen-bond acceptors (Lipinski definition) is 2. The van der Waals surface area contributed by atoms with Gasteiger partial charge in [-0.25, -0.2) is 4.39 Å². The average Bonchev–Trinajstić information content (AvgIpc) is 2.36. The highest BCUT2D eigenvalue weighted by Crippen LogP contribution is 2.15. The minimum atomic E-state index is -0.135. The molecular weight excluding hydrogens is 215 g/mol. The Morgan fingerprint density at radius 1 is 1.35 bits per heavy atom. The molecule has 0 fully saturated rings. The van der Waals surface area contributed by atoms with E-state index in [1.54, 1.807) is 6.07 Å². The zero-order chi connectivity index (χ0) is 12.8. The van der Waals surface area contributed by atoms with Crippen LogP contribution in [-0.4, -0.2) is 17.5 Å². The molecule has 0 aromatic heterocycles. The Labute approximate surface area is 104 Å². The van der Waals surface area contributed by atoms with Gasteiger partial charge in [-0.2, -0.15) is 0 Å². The predicted octanol–water partition coefficient (Wildman–Crippen LogP) is 2.90. The second-order valence-electron chi connectivity index (χ2n) is 4.45. The molecule has 0 radical (unpaired) electrons. The summed E-state index contributed by atoms with van der Waals surface area (Å²) >= 11 is 0.